The third-order valence-electron chi connectivity index (χ3n) is 1.64. The van der Waals surface area contributed by atoms with Crippen molar-refractivity contribution in [2.24, 2.45) is 0 Å². The fraction of sp³-hybridized carbons (Fsp3) is 0.222. The molecule has 1 N–H and O–H groups in total. The van der Waals surface area contributed by atoms with Gasteiger partial charge in [0.1, 0.15) is 11.3 Å². The topological polar surface area (TPSA) is 46.5 Å². The Labute approximate surface area is 80.7 Å². The highest BCUT2D eigenvalue weighted by Crippen LogP contribution is 2.24. The smallest absolute Gasteiger partial charge is 0.339 e. The van der Waals surface area contributed by atoms with Crippen LogP contribution in [0.15, 0.2) is 23.1 Å². The molecule has 0 amide bonds. The Morgan fingerprint density at radius 2 is 2.23 bits per heavy atom. The first kappa shape index (κ1) is 9.92. The first-order valence-corrected chi connectivity index (χ1v) is 4.87. The molecule has 0 unspecified atom stereocenters. The first-order valence-electron chi connectivity index (χ1n) is 3.64. The van der Waals surface area contributed by atoms with Crippen LogP contribution < -0.4 is 4.74 Å². The van der Waals surface area contributed by atoms with Gasteiger partial charge in [-0.25, -0.2) is 4.79 Å². The van der Waals surface area contributed by atoms with Crippen LogP contribution in [0.5, 0.6) is 5.75 Å². The van der Waals surface area contributed by atoms with E-state index < -0.39 is 5.97 Å². The number of aromatic carboxylic acids is 1. The molecule has 0 saturated heterocycles. The van der Waals surface area contributed by atoms with Crippen LogP contribution in [0.4, 0.5) is 0 Å². The molecule has 4 heteroatoms. The van der Waals surface area contributed by atoms with Crippen LogP contribution >= 0.6 is 11.8 Å². The summed E-state index contributed by atoms with van der Waals surface area (Å²) in [5.74, 6) is -0.571. The van der Waals surface area contributed by atoms with Gasteiger partial charge in [0.15, 0.2) is 0 Å². The third-order valence-corrected chi connectivity index (χ3v) is 2.36. The van der Waals surface area contributed by atoms with E-state index in [-0.39, 0.29) is 5.56 Å². The molecule has 70 valence electrons. The fourth-order valence-corrected chi connectivity index (χ4v) is 1.42. The average Bonchev–Trinajstić information content (AvgIpc) is 2.16. The van der Waals surface area contributed by atoms with Gasteiger partial charge in [0, 0.05) is 4.90 Å². The predicted molar refractivity (Wildman–Crippen MR) is 51.7 cm³/mol. The number of methoxy groups -OCH3 is 1. The molecule has 0 bridgehead atoms. The summed E-state index contributed by atoms with van der Waals surface area (Å²) in [7, 11) is 1.46. The minimum Gasteiger partial charge on any atom is -0.496 e. The Morgan fingerprint density at radius 3 is 2.69 bits per heavy atom. The molecule has 0 aliphatic heterocycles. The molecule has 0 aliphatic carbocycles. The van der Waals surface area contributed by atoms with Crippen molar-refractivity contribution < 1.29 is 14.6 Å². The van der Waals surface area contributed by atoms with E-state index in [1.165, 1.54) is 18.9 Å². The molecule has 0 spiro atoms. The second kappa shape index (κ2) is 4.18. The minimum atomic E-state index is -0.965. The predicted octanol–water partition coefficient (Wildman–Crippen LogP) is 2.12. The molecule has 1 aromatic carbocycles. The van der Waals surface area contributed by atoms with E-state index in [2.05, 4.69) is 0 Å². The summed E-state index contributed by atoms with van der Waals surface area (Å²) in [6.07, 6.45) is 1.90. The molecule has 0 atom stereocenters. The number of carbonyl (C=O) groups is 1. The van der Waals surface area contributed by atoms with Gasteiger partial charge >= 0.3 is 5.97 Å². The number of benzene rings is 1. The number of carboxylic acid groups (broad SMARTS) is 1. The van der Waals surface area contributed by atoms with Gasteiger partial charge in [-0.2, -0.15) is 0 Å². The summed E-state index contributed by atoms with van der Waals surface area (Å²) in [6, 6.07) is 5.09. The highest BCUT2D eigenvalue weighted by molar-refractivity contribution is 7.98. The van der Waals surface area contributed by atoms with E-state index in [4.69, 9.17) is 9.84 Å². The zero-order valence-electron chi connectivity index (χ0n) is 7.40. The van der Waals surface area contributed by atoms with Gasteiger partial charge < -0.3 is 9.84 Å². The van der Waals surface area contributed by atoms with Crippen LogP contribution in [0.1, 0.15) is 10.4 Å². The average molecular weight is 198 g/mol. The van der Waals surface area contributed by atoms with E-state index in [1.54, 1.807) is 12.1 Å². The maximum atomic E-state index is 10.8. The summed E-state index contributed by atoms with van der Waals surface area (Å²) in [6.45, 7) is 0. The first-order chi connectivity index (χ1) is 6.19. The molecule has 0 radical (unpaired) electrons. The molecule has 13 heavy (non-hydrogen) atoms. The molecule has 0 heterocycles. The lowest BCUT2D eigenvalue weighted by Crippen LogP contribution is -2.00. The van der Waals surface area contributed by atoms with Gasteiger partial charge in [-0.3, -0.25) is 0 Å². The molecule has 1 aromatic rings. The van der Waals surface area contributed by atoms with Gasteiger partial charge in [0.25, 0.3) is 0 Å². The van der Waals surface area contributed by atoms with Crippen molar-refractivity contribution in [2.45, 2.75) is 4.90 Å². The maximum Gasteiger partial charge on any atom is 0.339 e. The Bertz CT molecular complexity index is 323. The number of carboxylic acids is 1. The highest BCUT2D eigenvalue weighted by Gasteiger charge is 2.10. The highest BCUT2D eigenvalue weighted by atomic mass is 32.2. The van der Waals surface area contributed by atoms with Gasteiger partial charge in [0.05, 0.1) is 7.11 Å². The molecular formula is C9H10O3S. The Hall–Kier alpha value is -1.16. The third kappa shape index (κ3) is 2.15. The van der Waals surface area contributed by atoms with Crippen molar-refractivity contribution in [3.63, 3.8) is 0 Å². The van der Waals surface area contributed by atoms with Crippen LogP contribution in [-0.2, 0) is 0 Å². The van der Waals surface area contributed by atoms with Gasteiger partial charge in [-0.15, -0.1) is 11.8 Å². The largest absolute Gasteiger partial charge is 0.496 e. The molecule has 1 rings (SSSR count). The second-order valence-electron chi connectivity index (χ2n) is 2.37. The molecule has 0 saturated carbocycles. The van der Waals surface area contributed by atoms with Crippen molar-refractivity contribution in [1.82, 2.24) is 0 Å². The van der Waals surface area contributed by atoms with E-state index in [1.807, 2.05) is 12.3 Å². The van der Waals surface area contributed by atoms with Crippen LogP contribution in [0.2, 0.25) is 0 Å². The second-order valence-corrected chi connectivity index (χ2v) is 3.25. The molecule has 0 aromatic heterocycles. The number of rotatable bonds is 3. The summed E-state index contributed by atoms with van der Waals surface area (Å²) >= 11 is 1.50. The van der Waals surface area contributed by atoms with Gasteiger partial charge in [-0.05, 0) is 24.5 Å². The summed E-state index contributed by atoms with van der Waals surface area (Å²) in [4.78, 5) is 11.7. The molecule has 3 nitrogen and oxygen atoms in total. The lowest BCUT2D eigenvalue weighted by molar-refractivity contribution is 0.0693. The van der Waals surface area contributed by atoms with Crippen LogP contribution in [0, 0.1) is 0 Å². The van der Waals surface area contributed by atoms with Crippen LogP contribution in [0.25, 0.3) is 0 Å². The van der Waals surface area contributed by atoms with E-state index >= 15 is 0 Å². The molecule has 0 fully saturated rings. The summed E-state index contributed by atoms with van der Waals surface area (Å²) in [5, 5.41) is 8.83. The van der Waals surface area contributed by atoms with Crippen molar-refractivity contribution in [3.8, 4) is 5.75 Å². The van der Waals surface area contributed by atoms with E-state index in [0.717, 1.165) is 4.90 Å². The zero-order valence-corrected chi connectivity index (χ0v) is 8.22. The zero-order chi connectivity index (χ0) is 9.84. The maximum absolute atomic E-state index is 10.8. The Kier molecular flexibility index (Phi) is 3.19. The lowest BCUT2D eigenvalue weighted by Gasteiger charge is -2.05. The number of thioether (sulfide) groups is 1. The monoisotopic (exact) mass is 198 g/mol. The SMILES string of the molecule is COc1ccc(SC)cc1C(=O)O. The minimum absolute atomic E-state index is 0.203. The number of ether oxygens (including phenoxy) is 1. The fourth-order valence-electron chi connectivity index (χ4n) is 0.981. The van der Waals surface area contributed by atoms with Crippen molar-refractivity contribution in [2.75, 3.05) is 13.4 Å². The van der Waals surface area contributed by atoms with E-state index in [9.17, 15) is 4.79 Å². The van der Waals surface area contributed by atoms with Crippen molar-refractivity contribution in [1.29, 1.82) is 0 Å². The quantitative estimate of drug-likeness (QED) is 0.756. The Morgan fingerprint density at radius 1 is 1.54 bits per heavy atom. The molecular weight excluding hydrogens is 188 g/mol. The van der Waals surface area contributed by atoms with Crippen molar-refractivity contribution in [3.05, 3.63) is 23.8 Å². The van der Waals surface area contributed by atoms with E-state index in [0.29, 0.717) is 5.75 Å². The normalized spacial score (nSPS) is 9.69. The van der Waals surface area contributed by atoms with Gasteiger partial charge in [-0.1, -0.05) is 0 Å². The van der Waals surface area contributed by atoms with Crippen LogP contribution in [-0.4, -0.2) is 24.4 Å². The summed E-state index contributed by atoms with van der Waals surface area (Å²) < 4.78 is 4.92. The molecule has 0 aliphatic rings. The standard InChI is InChI=1S/C9H10O3S/c1-12-8-4-3-6(13-2)5-7(8)9(10)11/h3-5H,1-2H3,(H,10,11). The Balaban J connectivity index is 3.18. The van der Waals surface area contributed by atoms with Crippen molar-refractivity contribution >= 4 is 17.7 Å². The summed E-state index contributed by atoms with van der Waals surface area (Å²) in [5.41, 5.74) is 0.203. The van der Waals surface area contributed by atoms with Gasteiger partial charge in [0.2, 0.25) is 0 Å². The van der Waals surface area contributed by atoms with Crippen LogP contribution in [0.3, 0.4) is 0 Å². The lowest BCUT2D eigenvalue weighted by atomic mass is 10.2. The number of hydrogen-bond acceptors (Lipinski definition) is 3. The number of hydrogen-bond donors (Lipinski definition) is 1.